The molecule has 106 valence electrons. The first-order valence-corrected chi connectivity index (χ1v) is 5.94. The maximum atomic E-state index is 13.0. The lowest BCUT2D eigenvalue weighted by Crippen LogP contribution is -2.40. The Labute approximate surface area is 110 Å². The lowest BCUT2D eigenvalue weighted by molar-refractivity contribution is -0.146. The Balaban J connectivity index is 2.79. The number of carbonyl (C=O) groups is 1. The molecule has 2 N–H and O–H groups in total. The van der Waals surface area contributed by atoms with Crippen LogP contribution in [0.2, 0.25) is 0 Å². The second kappa shape index (κ2) is 7.16. The lowest BCUT2D eigenvalue weighted by atomic mass is 10.1. The number of aliphatic hydroxyl groups excluding tert-OH is 1. The fraction of sp³-hybridized carbons (Fsp3) is 0.462. The van der Waals surface area contributed by atoms with Crippen molar-refractivity contribution in [1.82, 2.24) is 5.32 Å². The predicted molar refractivity (Wildman–Crippen MR) is 65.9 cm³/mol. The number of hydrogen-bond donors (Lipinski definition) is 2. The van der Waals surface area contributed by atoms with Gasteiger partial charge in [-0.15, -0.1) is 0 Å². The van der Waals surface area contributed by atoms with Gasteiger partial charge >= 0.3 is 5.97 Å². The summed E-state index contributed by atoms with van der Waals surface area (Å²) in [6, 6.07) is 7.48. The zero-order valence-corrected chi connectivity index (χ0v) is 10.6. The summed E-state index contributed by atoms with van der Waals surface area (Å²) in [6.45, 7) is -0.269. The van der Waals surface area contributed by atoms with Crippen LogP contribution in [0.5, 0.6) is 0 Å². The van der Waals surface area contributed by atoms with Crippen LogP contribution in [0.4, 0.5) is 8.78 Å². The Morgan fingerprint density at radius 2 is 2.05 bits per heavy atom. The molecule has 4 nitrogen and oxygen atoms in total. The summed E-state index contributed by atoms with van der Waals surface area (Å²) in [5.74, 6) is -3.90. The zero-order valence-electron chi connectivity index (χ0n) is 10.6. The maximum absolute atomic E-state index is 13.0. The van der Waals surface area contributed by atoms with Crippen molar-refractivity contribution in [3.8, 4) is 0 Å². The van der Waals surface area contributed by atoms with Crippen LogP contribution in [-0.2, 0) is 9.53 Å². The molecule has 0 saturated carbocycles. The number of hydrogen-bond acceptors (Lipinski definition) is 4. The number of alkyl halides is 2. The van der Waals surface area contributed by atoms with Gasteiger partial charge in [-0.3, -0.25) is 5.32 Å². The Morgan fingerprint density at radius 1 is 1.42 bits per heavy atom. The Kier molecular flexibility index (Phi) is 5.85. The van der Waals surface area contributed by atoms with E-state index in [1.54, 1.807) is 37.3 Å². The first-order valence-electron chi connectivity index (χ1n) is 5.94. The normalized spacial score (nSPS) is 13.1. The van der Waals surface area contributed by atoms with E-state index in [2.05, 4.69) is 5.32 Å². The topological polar surface area (TPSA) is 58.6 Å². The van der Waals surface area contributed by atoms with Gasteiger partial charge in [0, 0.05) is 0 Å². The minimum Gasteiger partial charge on any atom is -0.465 e. The molecule has 6 heteroatoms. The van der Waals surface area contributed by atoms with Gasteiger partial charge < -0.3 is 9.84 Å². The number of aliphatic hydroxyl groups is 1. The smallest absolute Gasteiger partial charge is 0.327 e. The summed E-state index contributed by atoms with van der Waals surface area (Å²) < 4.78 is 30.9. The summed E-state index contributed by atoms with van der Waals surface area (Å²) in [5, 5.41) is 10.9. The van der Waals surface area contributed by atoms with E-state index in [0.717, 1.165) is 0 Å². The van der Waals surface area contributed by atoms with Gasteiger partial charge in [-0.25, -0.2) is 13.6 Å². The molecule has 19 heavy (non-hydrogen) atoms. The van der Waals surface area contributed by atoms with Crippen LogP contribution in [0.15, 0.2) is 30.3 Å². The average Bonchev–Trinajstić information content (AvgIpc) is 2.40. The van der Waals surface area contributed by atoms with E-state index < -0.39 is 31.1 Å². The fourth-order valence-corrected chi connectivity index (χ4v) is 1.52. The van der Waals surface area contributed by atoms with Crippen molar-refractivity contribution in [3.05, 3.63) is 35.9 Å². The third kappa shape index (κ3) is 4.92. The van der Waals surface area contributed by atoms with Gasteiger partial charge in [0.2, 0.25) is 0 Å². The summed E-state index contributed by atoms with van der Waals surface area (Å²) in [5.41, 5.74) is 0.537. The Hall–Kier alpha value is -1.53. The molecule has 1 unspecified atom stereocenters. The highest BCUT2D eigenvalue weighted by Gasteiger charge is 2.31. The molecule has 0 amide bonds. The molecule has 1 aromatic rings. The fourth-order valence-electron chi connectivity index (χ4n) is 1.52. The molecule has 0 aromatic heterocycles. The van der Waals surface area contributed by atoms with Gasteiger partial charge in [-0.05, 0) is 12.5 Å². The Morgan fingerprint density at radius 3 is 2.58 bits per heavy atom. The highest BCUT2D eigenvalue weighted by molar-refractivity contribution is 5.77. The van der Waals surface area contributed by atoms with Crippen LogP contribution in [0, 0.1) is 0 Å². The van der Waals surface area contributed by atoms with E-state index in [4.69, 9.17) is 9.84 Å². The number of benzene rings is 1. The number of nitrogens with one attached hydrogen (secondary N) is 1. The molecular weight excluding hydrogens is 256 g/mol. The standard InChI is InChI=1S/C13H17F2NO3/c1-2-19-12(18)11(10-6-4-3-5-7-10)16-8-13(14,15)9-17/h3-7,11,16-17H,2,8-9H2,1H3. The van der Waals surface area contributed by atoms with Crippen molar-refractivity contribution in [1.29, 1.82) is 0 Å². The average molecular weight is 273 g/mol. The van der Waals surface area contributed by atoms with Gasteiger partial charge in [0.25, 0.3) is 5.92 Å². The summed E-state index contributed by atoms with van der Waals surface area (Å²) in [6.07, 6.45) is 0. The van der Waals surface area contributed by atoms with Crippen LogP contribution in [-0.4, -0.2) is 36.8 Å². The van der Waals surface area contributed by atoms with Crippen LogP contribution in [0.1, 0.15) is 18.5 Å². The predicted octanol–water partition coefficient (Wildman–Crippen LogP) is 1.51. The van der Waals surface area contributed by atoms with E-state index in [1.807, 2.05) is 0 Å². The van der Waals surface area contributed by atoms with E-state index in [0.29, 0.717) is 5.56 Å². The van der Waals surface area contributed by atoms with E-state index in [9.17, 15) is 13.6 Å². The van der Waals surface area contributed by atoms with Crippen molar-refractivity contribution < 1.29 is 23.4 Å². The quantitative estimate of drug-likeness (QED) is 0.739. The van der Waals surface area contributed by atoms with Gasteiger partial charge in [0.1, 0.15) is 12.6 Å². The van der Waals surface area contributed by atoms with Crippen LogP contribution in [0.3, 0.4) is 0 Å². The summed E-state index contributed by atoms with van der Waals surface area (Å²) >= 11 is 0. The lowest BCUT2D eigenvalue weighted by Gasteiger charge is -2.21. The van der Waals surface area contributed by atoms with Crippen molar-refractivity contribution in [2.24, 2.45) is 0 Å². The van der Waals surface area contributed by atoms with Crippen molar-refractivity contribution in [2.75, 3.05) is 19.8 Å². The monoisotopic (exact) mass is 273 g/mol. The third-order valence-corrected chi connectivity index (χ3v) is 2.45. The van der Waals surface area contributed by atoms with E-state index in [1.165, 1.54) is 0 Å². The second-order valence-corrected chi connectivity index (χ2v) is 3.99. The molecule has 0 aliphatic carbocycles. The summed E-state index contributed by atoms with van der Waals surface area (Å²) in [7, 11) is 0. The molecule has 1 rings (SSSR count). The third-order valence-electron chi connectivity index (χ3n) is 2.45. The van der Waals surface area contributed by atoms with Gasteiger partial charge in [0.05, 0.1) is 13.2 Å². The molecule has 0 radical (unpaired) electrons. The van der Waals surface area contributed by atoms with Crippen molar-refractivity contribution >= 4 is 5.97 Å². The molecule has 0 spiro atoms. The number of halogens is 2. The first kappa shape index (κ1) is 15.5. The molecule has 0 fully saturated rings. The molecule has 0 aliphatic rings. The molecule has 0 heterocycles. The molecule has 1 atom stereocenters. The van der Waals surface area contributed by atoms with Gasteiger partial charge in [-0.2, -0.15) is 0 Å². The zero-order chi connectivity index (χ0) is 14.3. The van der Waals surface area contributed by atoms with Crippen LogP contribution >= 0.6 is 0 Å². The number of rotatable bonds is 7. The number of esters is 1. The molecular formula is C13H17F2NO3. The molecule has 0 bridgehead atoms. The van der Waals surface area contributed by atoms with Crippen LogP contribution < -0.4 is 5.32 Å². The molecule has 1 aromatic carbocycles. The maximum Gasteiger partial charge on any atom is 0.327 e. The minimum absolute atomic E-state index is 0.167. The minimum atomic E-state index is -3.28. The highest BCUT2D eigenvalue weighted by atomic mass is 19.3. The SMILES string of the molecule is CCOC(=O)C(NCC(F)(F)CO)c1ccccc1. The largest absolute Gasteiger partial charge is 0.465 e. The first-order chi connectivity index (χ1) is 9.00. The summed E-state index contributed by atoms with van der Waals surface area (Å²) in [4.78, 5) is 11.8. The van der Waals surface area contributed by atoms with Gasteiger partial charge in [0.15, 0.2) is 0 Å². The Bertz CT molecular complexity index is 398. The van der Waals surface area contributed by atoms with Crippen LogP contribution in [0.25, 0.3) is 0 Å². The van der Waals surface area contributed by atoms with Crippen molar-refractivity contribution in [2.45, 2.75) is 18.9 Å². The molecule has 0 saturated heterocycles. The van der Waals surface area contributed by atoms with E-state index >= 15 is 0 Å². The molecule has 0 aliphatic heterocycles. The number of carbonyl (C=O) groups excluding carboxylic acids is 1. The van der Waals surface area contributed by atoms with E-state index in [-0.39, 0.29) is 6.61 Å². The van der Waals surface area contributed by atoms with Gasteiger partial charge in [-0.1, -0.05) is 30.3 Å². The highest BCUT2D eigenvalue weighted by Crippen LogP contribution is 2.17. The number of ether oxygens (including phenoxy) is 1. The van der Waals surface area contributed by atoms with Crippen molar-refractivity contribution in [3.63, 3.8) is 0 Å². The second-order valence-electron chi connectivity index (χ2n) is 3.99.